The molecule has 0 saturated heterocycles. The molecule has 0 spiro atoms. The van der Waals surface area contributed by atoms with Gasteiger partial charge >= 0.3 is 0 Å². The summed E-state index contributed by atoms with van der Waals surface area (Å²) in [5.41, 5.74) is 3.92. The van der Waals surface area contributed by atoms with Crippen molar-refractivity contribution in [2.24, 2.45) is 10.9 Å². The second-order valence-corrected chi connectivity index (χ2v) is 3.72. The van der Waals surface area contributed by atoms with Crippen LogP contribution in [0, 0.1) is 5.92 Å². The van der Waals surface area contributed by atoms with Crippen molar-refractivity contribution in [3.63, 3.8) is 0 Å². The first-order chi connectivity index (χ1) is 6.31. The standard InChI is InChI=1S/C12H15N/c1-3-9(2)12-8-10-6-4-5-7-11(10)13-12/h4-7,9H,3,8H2,1-2H3. The van der Waals surface area contributed by atoms with Crippen molar-refractivity contribution in [1.29, 1.82) is 0 Å². The molecule has 1 atom stereocenters. The van der Waals surface area contributed by atoms with E-state index in [1.807, 2.05) is 0 Å². The summed E-state index contributed by atoms with van der Waals surface area (Å²) < 4.78 is 0. The summed E-state index contributed by atoms with van der Waals surface area (Å²) in [7, 11) is 0. The third-order valence-electron chi connectivity index (χ3n) is 2.81. The quantitative estimate of drug-likeness (QED) is 0.650. The van der Waals surface area contributed by atoms with E-state index in [-0.39, 0.29) is 0 Å². The van der Waals surface area contributed by atoms with Crippen LogP contribution in [0.15, 0.2) is 29.3 Å². The third kappa shape index (κ3) is 1.51. The van der Waals surface area contributed by atoms with Gasteiger partial charge in [-0.25, -0.2) is 0 Å². The molecule has 0 aromatic heterocycles. The number of hydrogen-bond acceptors (Lipinski definition) is 1. The topological polar surface area (TPSA) is 12.4 Å². The minimum Gasteiger partial charge on any atom is -0.257 e. The van der Waals surface area contributed by atoms with Gasteiger partial charge in [0.05, 0.1) is 5.69 Å². The number of para-hydroxylation sites is 1. The molecule has 1 heterocycles. The minimum absolute atomic E-state index is 0.632. The molecule has 1 nitrogen and oxygen atoms in total. The second-order valence-electron chi connectivity index (χ2n) is 3.72. The molecule has 2 rings (SSSR count). The first kappa shape index (κ1) is 8.49. The van der Waals surface area contributed by atoms with Crippen molar-refractivity contribution in [2.75, 3.05) is 0 Å². The minimum atomic E-state index is 0.632. The first-order valence-electron chi connectivity index (χ1n) is 4.96. The van der Waals surface area contributed by atoms with Gasteiger partial charge in [-0.1, -0.05) is 32.0 Å². The van der Waals surface area contributed by atoms with Gasteiger partial charge in [0.2, 0.25) is 0 Å². The number of benzene rings is 1. The monoisotopic (exact) mass is 173 g/mol. The van der Waals surface area contributed by atoms with E-state index >= 15 is 0 Å². The maximum atomic E-state index is 4.64. The molecule has 13 heavy (non-hydrogen) atoms. The van der Waals surface area contributed by atoms with Crippen LogP contribution in [0.25, 0.3) is 0 Å². The maximum absolute atomic E-state index is 4.64. The van der Waals surface area contributed by atoms with E-state index in [0.717, 1.165) is 6.42 Å². The molecule has 0 radical (unpaired) electrons. The highest BCUT2D eigenvalue weighted by Crippen LogP contribution is 2.28. The van der Waals surface area contributed by atoms with E-state index in [1.165, 1.54) is 23.4 Å². The summed E-state index contributed by atoms with van der Waals surface area (Å²) >= 11 is 0. The smallest absolute Gasteiger partial charge is 0.0665 e. The Bertz CT molecular complexity index is 339. The first-order valence-corrected chi connectivity index (χ1v) is 4.96. The van der Waals surface area contributed by atoms with Crippen LogP contribution in [0.5, 0.6) is 0 Å². The summed E-state index contributed by atoms with van der Waals surface area (Å²) in [6.45, 7) is 4.47. The van der Waals surface area contributed by atoms with Crippen molar-refractivity contribution in [2.45, 2.75) is 26.7 Å². The van der Waals surface area contributed by atoms with Gasteiger partial charge < -0.3 is 0 Å². The van der Waals surface area contributed by atoms with Crippen LogP contribution in [-0.4, -0.2) is 5.71 Å². The van der Waals surface area contributed by atoms with Crippen molar-refractivity contribution < 1.29 is 0 Å². The van der Waals surface area contributed by atoms with Crippen molar-refractivity contribution in [3.05, 3.63) is 29.8 Å². The predicted octanol–water partition coefficient (Wildman–Crippen LogP) is 3.36. The van der Waals surface area contributed by atoms with Gasteiger partial charge in [-0.2, -0.15) is 0 Å². The predicted molar refractivity (Wildman–Crippen MR) is 56.7 cm³/mol. The molecule has 1 aliphatic rings. The van der Waals surface area contributed by atoms with Gasteiger partial charge in [0.15, 0.2) is 0 Å². The Labute approximate surface area is 79.5 Å². The summed E-state index contributed by atoms with van der Waals surface area (Å²) in [6.07, 6.45) is 2.25. The highest BCUT2D eigenvalue weighted by molar-refractivity contribution is 5.95. The Balaban J connectivity index is 2.26. The van der Waals surface area contributed by atoms with Crippen LogP contribution in [0.3, 0.4) is 0 Å². The molecule has 1 aliphatic heterocycles. The van der Waals surface area contributed by atoms with Gasteiger partial charge in [-0.05, 0) is 24.0 Å². The van der Waals surface area contributed by atoms with Crippen LogP contribution in [0.2, 0.25) is 0 Å². The number of hydrogen-bond donors (Lipinski definition) is 0. The molecular formula is C12H15N. The highest BCUT2D eigenvalue weighted by Gasteiger charge is 2.17. The van der Waals surface area contributed by atoms with E-state index < -0.39 is 0 Å². The molecule has 0 N–H and O–H groups in total. The number of rotatable bonds is 2. The summed E-state index contributed by atoms with van der Waals surface area (Å²) in [5.74, 6) is 0.632. The van der Waals surface area contributed by atoms with Gasteiger partial charge in [0, 0.05) is 12.1 Å². The number of aliphatic imine (C=N–C) groups is 1. The zero-order valence-electron chi connectivity index (χ0n) is 8.25. The lowest BCUT2D eigenvalue weighted by atomic mass is 9.99. The lowest BCUT2D eigenvalue weighted by Crippen LogP contribution is -2.09. The Morgan fingerprint density at radius 3 is 2.85 bits per heavy atom. The van der Waals surface area contributed by atoms with Crippen molar-refractivity contribution in [1.82, 2.24) is 0 Å². The van der Waals surface area contributed by atoms with E-state index in [9.17, 15) is 0 Å². The number of fused-ring (bicyclic) bond motifs is 1. The highest BCUT2D eigenvalue weighted by atomic mass is 14.8. The van der Waals surface area contributed by atoms with Crippen LogP contribution in [-0.2, 0) is 6.42 Å². The van der Waals surface area contributed by atoms with E-state index in [0.29, 0.717) is 5.92 Å². The fourth-order valence-corrected chi connectivity index (χ4v) is 1.68. The van der Waals surface area contributed by atoms with Crippen LogP contribution >= 0.6 is 0 Å². The normalized spacial score (nSPS) is 16.6. The molecule has 0 fully saturated rings. The van der Waals surface area contributed by atoms with Gasteiger partial charge in [0.25, 0.3) is 0 Å². The third-order valence-corrected chi connectivity index (χ3v) is 2.81. The van der Waals surface area contributed by atoms with Crippen LogP contribution < -0.4 is 0 Å². The largest absolute Gasteiger partial charge is 0.257 e. The van der Waals surface area contributed by atoms with E-state index in [1.54, 1.807) is 0 Å². The Hall–Kier alpha value is -1.11. The lowest BCUT2D eigenvalue weighted by Gasteiger charge is -2.06. The molecule has 1 unspecified atom stereocenters. The van der Waals surface area contributed by atoms with Crippen molar-refractivity contribution >= 4 is 11.4 Å². The Morgan fingerprint density at radius 1 is 1.38 bits per heavy atom. The molecule has 0 amide bonds. The molecule has 68 valence electrons. The lowest BCUT2D eigenvalue weighted by molar-refractivity contribution is 0.732. The average Bonchev–Trinajstić information content (AvgIpc) is 2.59. The molecule has 1 aromatic rings. The van der Waals surface area contributed by atoms with Gasteiger partial charge in [-0.15, -0.1) is 0 Å². The van der Waals surface area contributed by atoms with Crippen LogP contribution in [0.1, 0.15) is 25.8 Å². The van der Waals surface area contributed by atoms with E-state index in [2.05, 4.69) is 43.1 Å². The van der Waals surface area contributed by atoms with Crippen molar-refractivity contribution in [3.8, 4) is 0 Å². The average molecular weight is 173 g/mol. The second kappa shape index (κ2) is 3.33. The van der Waals surface area contributed by atoms with E-state index in [4.69, 9.17) is 0 Å². The molecular weight excluding hydrogens is 158 g/mol. The molecule has 1 aromatic carbocycles. The van der Waals surface area contributed by atoms with Gasteiger partial charge in [0.1, 0.15) is 0 Å². The van der Waals surface area contributed by atoms with Gasteiger partial charge in [-0.3, -0.25) is 4.99 Å². The molecule has 0 saturated carbocycles. The maximum Gasteiger partial charge on any atom is 0.0665 e. The summed E-state index contributed by atoms with van der Waals surface area (Å²) in [4.78, 5) is 4.64. The molecule has 0 aliphatic carbocycles. The Kier molecular flexibility index (Phi) is 2.17. The fourth-order valence-electron chi connectivity index (χ4n) is 1.68. The molecule has 0 bridgehead atoms. The SMILES string of the molecule is CCC(C)C1=Nc2ccccc2C1. The Morgan fingerprint density at radius 2 is 2.15 bits per heavy atom. The molecule has 1 heteroatoms. The van der Waals surface area contributed by atoms with Crippen LogP contribution in [0.4, 0.5) is 5.69 Å². The summed E-state index contributed by atoms with van der Waals surface area (Å²) in [6, 6.07) is 8.43. The number of nitrogens with zero attached hydrogens (tertiary/aromatic N) is 1. The summed E-state index contributed by atoms with van der Waals surface area (Å²) in [5, 5.41) is 0. The zero-order chi connectivity index (χ0) is 9.26. The fraction of sp³-hybridized carbons (Fsp3) is 0.417. The zero-order valence-corrected chi connectivity index (χ0v) is 8.25.